The average molecular weight is 531 g/mol. The molecule has 0 aliphatic carbocycles. The van der Waals surface area contributed by atoms with Crippen molar-refractivity contribution in [2.45, 2.75) is 0 Å². The maximum atomic E-state index is 9.33. The number of nitriles is 1. The van der Waals surface area contributed by atoms with Gasteiger partial charge >= 0.3 is 0 Å². The minimum absolute atomic E-state index is 0.637. The van der Waals surface area contributed by atoms with Crippen molar-refractivity contribution in [1.82, 2.24) is 0 Å². The van der Waals surface area contributed by atoms with Crippen molar-refractivity contribution < 1.29 is 0 Å². The molecule has 0 atom stereocenters. The minimum atomic E-state index is 0.637. The maximum Gasteiger partial charge on any atom is 0.187 e. The van der Waals surface area contributed by atoms with Crippen LogP contribution < -0.4 is 0 Å². The number of rotatable bonds is 3. The molecule has 2 heteroatoms. The number of nitrogens with zero attached hydrogens (tertiary/aromatic N) is 2. The Morgan fingerprint density at radius 2 is 1.12 bits per heavy atom. The Hall–Kier alpha value is -5.96. The van der Waals surface area contributed by atoms with Crippen molar-refractivity contribution >= 4 is 48.8 Å². The summed E-state index contributed by atoms with van der Waals surface area (Å²) in [6, 6.07) is 48.9. The number of fused-ring (bicyclic) bond motifs is 1. The number of benzene rings is 8. The van der Waals surface area contributed by atoms with Crippen LogP contribution in [0.3, 0.4) is 0 Å². The summed E-state index contributed by atoms with van der Waals surface area (Å²) in [5, 5.41) is 19.1. The summed E-state index contributed by atoms with van der Waals surface area (Å²) in [4.78, 5) is 3.62. The second-order valence-electron chi connectivity index (χ2n) is 10.7. The monoisotopic (exact) mass is 530 g/mol. The van der Waals surface area contributed by atoms with Crippen LogP contribution >= 0.6 is 0 Å². The van der Waals surface area contributed by atoms with Gasteiger partial charge in [0.05, 0.1) is 18.2 Å². The Morgan fingerprint density at radius 1 is 0.476 bits per heavy atom. The third-order valence-corrected chi connectivity index (χ3v) is 8.49. The number of hydrogen-bond donors (Lipinski definition) is 0. The summed E-state index contributed by atoms with van der Waals surface area (Å²) in [5.41, 5.74) is 8.19. The van der Waals surface area contributed by atoms with Crippen molar-refractivity contribution in [3.63, 3.8) is 0 Å². The van der Waals surface area contributed by atoms with Gasteiger partial charge < -0.3 is 0 Å². The van der Waals surface area contributed by atoms with Crippen molar-refractivity contribution in [3.05, 3.63) is 150 Å². The van der Waals surface area contributed by atoms with Crippen LogP contribution in [0.1, 0.15) is 5.56 Å². The Bertz CT molecular complexity index is 2400. The summed E-state index contributed by atoms with van der Waals surface area (Å²) in [6.45, 7) is 7.44. The van der Waals surface area contributed by atoms with E-state index in [0.29, 0.717) is 11.3 Å². The molecular formula is C40H22N2. The molecule has 8 aromatic rings. The van der Waals surface area contributed by atoms with Gasteiger partial charge in [-0.2, -0.15) is 5.26 Å². The minimum Gasteiger partial charge on any atom is -0.238 e. The summed E-state index contributed by atoms with van der Waals surface area (Å²) >= 11 is 0. The van der Waals surface area contributed by atoms with Crippen LogP contribution in [-0.4, -0.2) is 0 Å². The molecule has 0 spiro atoms. The van der Waals surface area contributed by atoms with Crippen LogP contribution in [0.5, 0.6) is 0 Å². The zero-order valence-electron chi connectivity index (χ0n) is 22.6. The molecular weight excluding hydrogens is 508 g/mol. The molecule has 42 heavy (non-hydrogen) atoms. The zero-order valence-corrected chi connectivity index (χ0v) is 22.6. The lowest BCUT2D eigenvalue weighted by molar-refractivity contribution is 1.48. The molecule has 0 aliphatic heterocycles. The van der Waals surface area contributed by atoms with E-state index in [1.54, 1.807) is 0 Å². The Labute approximate surface area is 243 Å². The van der Waals surface area contributed by atoms with Gasteiger partial charge in [-0.3, -0.25) is 0 Å². The third-order valence-electron chi connectivity index (χ3n) is 8.49. The second kappa shape index (κ2) is 9.31. The van der Waals surface area contributed by atoms with Gasteiger partial charge in [0.1, 0.15) is 0 Å². The van der Waals surface area contributed by atoms with Crippen LogP contribution in [0.15, 0.2) is 133 Å². The first-order valence-electron chi connectivity index (χ1n) is 13.9. The number of hydrogen-bond acceptors (Lipinski definition) is 1. The van der Waals surface area contributed by atoms with Crippen molar-refractivity contribution in [1.29, 1.82) is 5.26 Å². The molecule has 0 N–H and O–H groups in total. The molecule has 0 saturated carbocycles. The second-order valence-corrected chi connectivity index (χ2v) is 10.7. The standard InChI is InChI=1S/C40H22N2/c1-42-30-17-13-28(14-18-30)37-23-38(33-8-4-6-26-5-2-3-7-31(26)33)36-22-21-34-32(27-11-9-25(24-41)10-12-27)19-15-29-16-20-35(37)40(36)39(29)34/h2-23H. The summed E-state index contributed by atoms with van der Waals surface area (Å²) in [5.74, 6) is 0. The first-order chi connectivity index (χ1) is 20.7. The highest BCUT2D eigenvalue weighted by atomic mass is 14.6. The molecule has 0 aliphatic rings. The Kier molecular flexibility index (Phi) is 5.29. The highest BCUT2D eigenvalue weighted by molar-refractivity contribution is 6.30. The maximum absolute atomic E-state index is 9.33. The summed E-state index contributed by atoms with van der Waals surface area (Å²) < 4.78 is 0. The van der Waals surface area contributed by atoms with Crippen molar-refractivity contribution in [2.24, 2.45) is 0 Å². The zero-order chi connectivity index (χ0) is 28.2. The largest absolute Gasteiger partial charge is 0.238 e. The first kappa shape index (κ1) is 23.9. The van der Waals surface area contributed by atoms with Crippen molar-refractivity contribution in [2.75, 3.05) is 0 Å². The van der Waals surface area contributed by atoms with E-state index < -0.39 is 0 Å². The fraction of sp³-hybridized carbons (Fsp3) is 0. The highest BCUT2D eigenvalue weighted by Gasteiger charge is 2.19. The van der Waals surface area contributed by atoms with Gasteiger partial charge in [-0.1, -0.05) is 115 Å². The average Bonchev–Trinajstić information content (AvgIpc) is 3.06. The molecule has 0 amide bonds. The molecule has 0 fully saturated rings. The Morgan fingerprint density at radius 3 is 1.90 bits per heavy atom. The quantitative estimate of drug-likeness (QED) is 0.165. The van der Waals surface area contributed by atoms with E-state index in [9.17, 15) is 5.26 Å². The lowest BCUT2D eigenvalue weighted by Gasteiger charge is -2.20. The van der Waals surface area contributed by atoms with E-state index in [1.165, 1.54) is 54.2 Å². The van der Waals surface area contributed by atoms with Crippen LogP contribution in [0.2, 0.25) is 0 Å². The van der Waals surface area contributed by atoms with E-state index in [4.69, 9.17) is 6.57 Å². The fourth-order valence-electron chi connectivity index (χ4n) is 6.51. The molecule has 0 radical (unpaired) electrons. The van der Waals surface area contributed by atoms with E-state index >= 15 is 0 Å². The SMILES string of the molecule is [C-]#[N+]c1ccc(-c2cc(-c3cccc4ccccc34)c3ccc4c(-c5ccc(C#N)cc5)ccc5ccc2c3c54)cc1. The molecule has 0 heterocycles. The lowest BCUT2D eigenvalue weighted by Crippen LogP contribution is -1.93. The molecule has 2 nitrogen and oxygen atoms in total. The van der Waals surface area contributed by atoms with Gasteiger partial charge in [0.25, 0.3) is 0 Å². The van der Waals surface area contributed by atoms with E-state index in [1.807, 2.05) is 36.4 Å². The molecule has 0 unspecified atom stereocenters. The van der Waals surface area contributed by atoms with Crippen LogP contribution in [0, 0.1) is 17.9 Å². The van der Waals surface area contributed by atoms with Gasteiger partial charge in [0, 0.05) is 0 Å². The highest BCUT2D eigenvalue weighted by Crippen LogP contribution is 2.47. The topological polar surface area (TPSA) is 28.1 Å². The van der Waals surface area contributed by atoms with Gasteiger partial charge in [0.2, 0.25) is 0 Å². The first-order valence-corrected chi connectivity index (χ1v) is 13.9. The fourth-order valence-corrected chi connectivity index (χ4v) is 6.51. The molecule has 8 rings (SSSR count). The molecule has 0 saturated heterocycles. The van der Waals surface area contributed by atoms with E-state index in [-0.39, 0.29) is 0 Å². The lowest BCUT2D eigenvalue weighted by atomic mass is 9.83. The molecule has 8 aromatic carbocycles. The van der Waals surface area contributed by atoms with Gasteiger partial charge in [-0.25, -0.2) is 4.85 Å². The summed E-state index contributed by atoms with van der Waals surface area (Å²) in [7, 11) is 0. The van der Waals surface area contributed by atoms with Gasteiger partial charge in [-0.15, -0.1) is 0 Å². The third kappa shape index (κ3) is 3.57. The van der Waals surface area contributed by atoms with Gasteiger partial charge in [0.15, 0.2) is 5.69 Å². The molecule has 0 aromatic heterocycles. The van der Waals surface area contributed by atoms with E-state index in [0.717, 1.165) is 22.3 Å². The van der Waals surface area contributed by atoms with Crippen LogP contribution in [-0.2, 0) is 0 Å². The predicted molar refractivity (Wildman–Crippen MR) is 175 cm³/mol. The normalized spacial score (nSPS) is 11.3. The van der Waals surface area contributed by atoms with Crippen LogP contribution in [0.25, 0.3) is 81.3 Å². The molecule has 192 valence electrons. The van der Waals surface area contributed by atoms with Gasteiger partial charge in [-0.05, 0) is 94.7 Å². The predicted octanol–water partition coefficient (Wildman–Crippen LogP) is 11.2. The van der Waals surface area contributed by atoms with E-state index in [2.05, 4.69) is 108 Å². The molecule has 0 bridgehead atoms. The Balaban J connectivity index is 1.52. The smallest absolute Gasteiger partial charge is 0.187 e. The van der Waals surface area contributed by atoms with Crippen molar-refractivity contribution in [3.8, 4) is 39.4 Å². The van der Waals surface area contributed by atoms with Crippen LogP contribution in [0.4, 0.5) is 5.69 Å². The summed E-state index contributed by atoms with van der Waals surface area (Å²) in [6.07, 6.45) is 0.